The van der Waals surface area contributed by atoms with Crippen LogP contribution in [0.2, 0.25) is 0 Å². The zero-order valence-electron chi connectivity index (χ0n) is 9.92. The van der Waals surface area contributed by atoms with E-state index in [0.29, 0.717) is 16.8 Å². The smallest absolute Gasteiger partial charge is 0.272 e. The monoisotopic (exact) mass is 372 g/mol. The number of halogens is 3. The van der Waals surface area contributed by atoms with Gasteiger partial charge in [-0.2, -0.15) is 0 Å². The number of likely N-dealkylation sites (tertiary alicyclic amines) is 1. The van der Waals surface area contributed by atoms with Gasteiger partial charge in [-0.25, -0.2) is 8.78 Å². The SMILES string of the molecule is CN=C(I)C=C(N)C(=O)NCCN1CC(F)(F)C1. The topological polar surface area (TPSA) is 70.7 Å². The van der Waals surface area contributed by atoms with E-state index in [9.17, 15) is 13.6 Å². The molecule has 8 heteroatoms. The Morgan fingerprint density at radius 2 is 2.22 bits per heavy atom. The molecule has 0 spiro atoms. The van der Waals surface area contributed by atoms with Crippen molar-refractivity contribution in [1.82, 2.24) is 10.2 Å². The van der Waals surface area contributed by atoms with Crippen LogP contribution in [-0.4, -0.2) is 53.7 Å². The normalized spacial score (nSPS) is 20.4. The maximum Gasteiger partial charge on any atom is 0.272 e. The first-order valence-electron chi connectivity index (χ1n) is 5.32. The van der Waals surface area contributed by atoms with Crippen molar-refractivity contribution in [2.45, 2.75) is 5.92 Å². The average molecular weight is 372 g/mol. The van der Waals surface area contributed by atoms with E-state index in [1.165, 1.54) is 6.08 Å². The van der Waals surface area contributed by atoms with Crippen LogP contribution in [0.3, 0.4) is 0 Å². The van der Waals surface area contributed by atoms with Crippen LogP contribution in [0.4, 0.5) is 8.78 Å². The zero-order valence-corrected chi connectivity index (χ0v) is 12.1. The number of hydrogen-bond donors (Lipinski definition) is 2. The van der Waals surface area contributed by atoms with Crippen molar-refractivity contribution in [2.75, 3.05) is 33.2 Å². The highest BCUT2D eigenvalue weighted by Gasteiger charge is 2.43. The van der Waals surface area contributed by atoms with Crippen molar-refractivity contribution < 1.29 is 13.6 Å². The van der Waals surface area contributed by atoms with E-state index >= 15 is 0 Å². The van der Waals surface area contributed by atoms with Gasteiger partial charge in [-0.1, -0.05) is 0 Å². The van der Waals surface area contributed by atoms with Gasteiger partial charge < -0.3 is 11.1 Å². The molecule has 0 aromatic carbocycles. The molecule has 0 saturated carbocycles. The van der Waals surface area contributed by atoms with E-state index in [-0.39, 0.29) is 18.8 Å². The summed E-state index contributed by atoms with van der Waals surface area (Å²) in [6, 6.07) is 0. The molecule has 0 aromatic heterocycles. The number of nitrogens with one attached hydrogen (secondary N) is 1. The summed E-state index contributed by atoms with van der Waals surface area (Å²) in [4.78, 5) is 16.9. The van der Waals surface area contributed by atoms with E-state index in [2.05, 4.69) is 10.3 Å². The summed E-state index contributed by atoms with van der Waals surface area (Å²) in [5, 5.41) is 2.56. The summed E-state index contributed by atoms with van der Waals surface area (Å²) in [6.07, 6.45) is 1.45. The van der Waals surface area contributed by atoms with Gasteiger partial charge in [-0.05, 0) is 28.7 Å². The predicted molar refractivity (Wildman–Crippen MR) is 74.0 cm³/mol. The number of rotatable bonds is 5. The summed E-state index contributed by atoms with van der Waals surface area (Å²) in [6.45, 7) is 0.208. The lowest BCUT2D eigenvalue weighted by Crippen LogP contribution is -2.57. The lowest BCUT2D eigenvalue weighted by atomic mass is 10.1. The van der Waals surface area contributed by atoms with Crippen LogP contribution in [0.1, 0.15) is 0 Å². The van der Waals surface area contributed by atoms with Crippen molar-refractivity contribution in [3.8, 4) is 0 Å². The molecular weight excluding hydrogens is 357 g/mol. The Kier molecular flexibility index (Phi) is 5.45. The van der Waals surface area contributed by atoms with Gasteiger partial charge in [-0.15, -0.1) is 0 Å². The second-order valence-electron chi connectivity index (χ2n) is 3.97. The summed E-state index contributed by atoms with van der Waals surface area (Å²) in [7, 11) is 1.59. The molecule has 0 bridgehead atoms. The molecule has 0 unspecified atom stereocenters. The van der Waals surface area contributed by atoms with Crippen molar-refractivity contribution >= 4 is 32.2 Å². The number of allylic oxidation sites excluding steroid dienone is 1. The minimum atomic E-state index is -2.57. The van der Waals surface area contributed by atoms with Crippen molar-refractivity contribution in [3.63, 3.8) is 0 Å². The number of nitrogens with zero attached hydrogens (tertiary/aromatic N) is 2. The number of nitrogens with two attached hydrogens (primary N) is 1. The zero-order chi connectivity index (χ0) is 13.8. The van der Waals surface area contributed by atoms with Gasteiger partial charge >= 0.3 is 0 Å². The summed E-state index contributed by atoms with van der Waals surface area (Å²) >= 11 is 1.94. The third-order valence-corrected chi connectivity index (χ3v) is 3.17. The van der Waals surface area contributed by atoms with Gasteiger partial charge in [0.2, 0.25) is 0 Å². The fourth-order valence-corrected chi connectivity index (χ4v) is 1.79. The molecule has 1 saturated heterocycles. The van der Waals surface area contributed by atoms with E-state index < -0.39 is 11.8 Å². The second kappa shape index (κ2) is 6.41. The Morgan fingerprint density at radius 1 is 1.61 bits per heavy atom. The van der Waals surface area contributed by atoms with Crippen LogP contribution in [0.25, 0.3) is 0 Å². The second-order valence-corrected chi connectivity index (χ2v) is 5.07. The molecule has 3 N–H and O–H groups in total. The molecule has 1 amide bonds. The van der Waals surface area contributed by atoms with Crippen molar-refractivity contribution in [1.29, 1.82) is 0 Å². The van der Waals surface area contributed by atoms with Crippen LogP contribution < -0.4 is 11.1 Å². The molecule has 0 atom stereocenters. The fraction of sp³-hybridized carbons (Fsp3) is 0.600. The number of hydrogen-bond acceptors (Lipinski definition) is 4. The summed E-state index contributed by atoms with van der Waals surface area (Å²) in [5.74, 6) is -2.99. The highest BCUT2D eigenvalue weighted by Crippen LogP contribution is 2.25. The molecule has 0 radical (unpaired) electrons. The highest BCUT2D eigenvalue weighted by molar-refractivity contribution is 14.1. The number of carbonyl (C=O) groups is 1. The van der Waals surface area contributed by atoms with Crippen LogP contribution in [0.5, 0.6) is 0 Å². The van der Waals surface area contributed by atoms with Crippen molar-refractivity contribution in [3.05, 3.63) is 11.8 Å². The Hall–Kier alpha value is -0.770. The van der Waals surface area contributed by atoms with E-state index in [1.807, 2.05) is 22.6 Å². The maximum atomic E-state index is 12.5. The first kappa shape index (κ1) is 15.3. The van der Waals surface area contributed by atoms with Crippen molar-refractivity contribution in [2.24, 2.45) is 10.7 Å². The molecule has 0 aromatic rings. The van der Waals surface area contributed by atoms with E-state index in [0.717, 1.165) is 0 Å². The highest BCUT2D eigenvalue weighted by atomic mass is 127. The molecule has 18 heavy (non-hydrogen) atoms. The summed E-state index contributed by atoms with van der Waals surface area (Å²) in [5.41, 5.74) is 5.58. The molecule has 1 heterocycles. The predicted octanol–water partition coefficient (Wildman–Crippen LogP) is 0.359. The molecular formula is C10H15F2IN4O. The third-order valence-electron chi connectivity index (χ3n) is 2.37. The van der Waals surface area contributed by atoms with Crippen LogP contribution in [0, 0.1) is 0 Å². The molecule has 1 aliphatic heterocycles. The largest absolute Gasteiger partial charge is 0.394 e. The molecule has 5 nitrogen and oxygen atoms in total. The first-order valence-corrected chi connectivity index (χ1v) is 6.40. The average Bonchev–Trinajstić information content (AvgIpc) is 2.25. The Bertz CT molecular complexity index is 376. The molecule has 0 aliphatic carbocycles. The van der Waals surface area contributed by atoms with E-state index in [1.54, 1.807) is 11.9 Å². The van der Waals surface area contributed by atoms with Gasteiger partial charge in [0, 0.05) is 20.1 Å². The van der Waals surface area contributed by atoms with Gasteiger partial charge in [-0.3, -0.25) is 14.7 Å². The first-order chi connectivity index (χ1) is 8.34. The Balaban J connectivity index is 2.24. The Labute approximate surface area is 118 Å². The van der Waals surface area contributed by atoms with Gasteiger partial charge in [0.1, 0.15) is 0 Å². The lowest BCUT2D eigenvalue weighted by molar-refractivity contribution is -0.130. The standard InChI is InChI=1S/C10H15F2IN4O/c1-15-8(13)4-7(14)9(18)16-2-3-17-5-10(11,12)6-17/h4H,2-3,5-6,14H2,1H3,(H,16,18). The number of carbonyl (C=O) groups excluding carboxylic acids is 1. The summed E-state index contributed by atoms with van der Waals surface area (Å²) < 4.78 is 25.6. The van der Waals surface area contributed by atoms with Gasteiger partial charge in [0.25, 0.3) is 11.8 Å². The number of alkyl halides is 2. The van der Waals surface area contributed by atoms with E-state index in [4.69, 9.17) is 5.73 Å². The fourth-order valence-electron chi connectivity index (χ4n) is 1.45. The Morgan fingerprint density at radius 3 is 2.72 bits per heavy atom. The minimum absolute atomic E-state index is 0.0546. The third kappa shape index (κ3) is 4.84. The van der Waals surface area contributed by atoms with Crippen LogP contribution in [0.15, 0.2) is 16.8 Å². The molecule has 1 rings (SSSR count). The number of aliphatic imine (C=N–C) groups is 1. The van der Waals surface area contributed by atoms with Crippen LogP contribution >= 0.6 is 22.6 Å². The quantitative estimate of drug-likeness (QED) is 0.416. The number of amides is 1. The maximum absolute atomic E-state index is 12.5. The molecule has 1 aliphatic rings. The minimum Gasteiger partial charge on any atom is -0.394 e. The molecule has 102 valence electrons. The van der Waals surface area contributed by atoms with Crippen LogP contribution in [-0.2, 0) is 4.79 Å². The molecule has 1 fully saturated rings. The van der Waals surface area contributed by atoms with Gasteiger partial charge in [0.05, 0.1) is 22.5 Å². The lowest BCUT2D eigenvalue weighted by Gasteiger charge is -2.38. The van der Waals surface area contributed by atoms with Gasteiger partial charge in [0.15, 0.2) is 0 Å².